The highest BCUT2D eigenvalue weighted by molar-refractivity contribution is 6.08. The minimum absolute atomic E-state index is 0.222. The fourth-order valence-corrected chi connectivity index (χ4v) is 4.09. The maximum Gasteiger partial charge on any atom is 0.259 e. The van der Waals surface area contributed by atoms with Gasteiger partial charge in [-0.25, -0.2) is 9.97 Å². The Bertz CT molecular complexity index is 1060. The van der Waals surface area contributed by atoms with E-state index in [0.717, 1.165) is 67.8 Å². The molecule has 0 radical (unpaired) electrons. The summed E-state index contributed by atoms with van der Waals surface area (Å²) in [5.74, 6) is 0.746. The number of nitrogens with zero attached hydrogens (tertiary/aromatic N) is 4. The Morgan fingerprint density at radius 2 is 2.12 bits per heavy atom. The molecule has 0 bridgehead atoms. The molecule has 0 unspecified atom stereocenters. The highest BCUT2D eigenvalue weighted by Crippen LogP contribution is 2.33. The zero-order chi connectivity index (χ0) is 22.3. The van der Waals surface area contributed by atoms with Gasteiger partial charge >= 0.3 is 0 Å². The number of hydrogen-bond acceptors (Lipinski definition) is 6. The van der Waals surface area contributed by atoms with Gasteiger partial charge in [0.05, 0.1) is 17.9 Å². The quantitative estimate of drug-likeness (QED) is 0.499. The van der Waals surface area contributed by atoms with Gasteiger partial charge in [-0.05, 0) is 50.4 Å². The normalized spacial score (nSPS) is 12.7. The zero-order valence-corrected chi connectivity index (χ0v) is 18.7. The third kappa shape index (κ3) is 4.96. The average Bonchev–Trinajstić information content (AvgIpc) is 3.15. The maximum atomic E-state index is 13.1. The largest absolute Gasteiger partial charge is 0.478 e. The van der Waals surface area contributed by atoms with Crippen LogP contribution in [0.3, 0.4) is 0 Å². The van der Waals surface area contributed by atoms with Crippen molar-refractivity contribution in [2.45, 2.75) is 39.5 Å². The number of ether oxygens (including phenoxy) is 1. The number of carbonyl (C=O) groups excluding carboxylic acids is 1. The van der Waals surface area contributed by atoms with E-state index in [1.165, 1.54) is 6.33 Å². The van der Waals surface area contributed by atoms with Crippen molar-refractivity contribution in [3.05, 3.63) is 53.7 Å². The van der Waals surface area contributed by atoms with E-state index < -0.39 is 0 Å². The highest BCUT2D eigenvalue weighted by atomic mass is 16.5. The number of hydrogen-bond donors (Lipinski definition) is 2. The van der Waals surface area contributed by atoms with Crippen molar-refractivity contribution in [1.29, 1.82) is 0 Å². The van der Waals surface area contributed by atoms with Crippen molar-refractivity contribution < 1.29 is 9.53 Å². The molecule has 3 aromatic heterocycles. The van der Waals surface area contributed by atoms with Crippen molar-refractivity contribution in [1.82, 2.24) is 24.8 Å². The summed E-state index contributed by atoms with van der Waals surface area (Å²) in [4.78, 5) is 31.8. The predicted molar refractivity (Wildman–Crippen MR) is 124 cm³/mol. The number of aromatic amines is 1. The Balaban J connectivity index is 1.44. The molecule has 2 N–H and O–H groups in total. The summed E-state index contributed by atoms with van der Waals surface area (Å²) >= 11 is 0. The van der Waals surface area contributed by atoms with Gasteiger partial charge in [0, 0.05) is 36.3 Å². The molecule has 0 fully saturated rings. The third-order valence-corrected chi connectivity index (χ3v) is 5.83. The molecule has 168 valence electrons. The second-order valence-corrected chi connectivity index (χ2v) is 7.85. The van der Waals surface area contributed by atoms with Gasteiger partial charge in [0.1, 0.15) is 12.1 Å². The van der Waals surface area contributed by atoms with Crippen molar-refractivity contribution in [2.24, 2.45) is 0 Å². The molecule has 0 aliphatic heterocycles. The Morgan fingerprint density at radius 1 is 1.25 bits per heavy atom. The Kier molecular flexibility index (Phi) is 7.11. The first-order chi connectivity index (χ1) is 15.7. The molecular formula is C24H30N6O2. The molecule has 0 spiro atoms. The van der Waals surface area contributed by atoms with Gasteiger partial charge in [0.25, 0.3) is 5.91 Å². The van der Waals surface area contributed by atoms with Crippen LogP contribution >= 0.6 is 0 Å². The van der Waals surface area contributed by atoms with Gasteiger partial charge in [0.2, 0.25) is 5.88 Å². The van der Waals surface area contributed by atoms with Gasteiger partial charge in [-0.1, -0.05) is 19.9 Å². The second kappa shape index (κ2) is 10.4. The van der Waals surface area contributed by atoms with Crippen molar-refractivity contribution in [3.63, 3.8) is 0 Å². The summed E-state index contributed by atoms with van der Waals surface area (Å²) in [6.07, 6.45) is 8.81. The molecule has 0 aromatic carbocycles. The van der Waals surface area contributed by atoms with Gasteiger partial charge in [-0.15, -0.1) is 0 Å². The number of amides is 1. The fraction of sp³-hybridized carbons (Fsp3) is 0.417. The number of aromatic nitrogens is 4. The summed E-state index contributed by atoms with van der Waals surface area (Å²) in [7, 11) is 0. The van der Waals surface area contributed by atoms with Gasteiger partial charge < -0.3 is 19.9 Å². The Hall–Kier alpha value is -3.26. The molecular weight excluding hydrogens is 404 g/mol. The van der Waals surface area contributed by atoms with E-state index in [1.807, 2.05) is 18.3 Å². The molecule has 3 heterocycles. The molecule has 4 rings (SSSR count). The van der Waals surface area contributed by atoms with E-state index in [2.05, 4.69) is 44.0 Å². The van der Waals surface area contributed by atoms with Crippen molar-refractivity contribution in [2.75, 3.05) is 31.6 Å². The summed E-state index contributed by atoms with van der Waals surface area (Å²) < 4.78 is 5.80. The van der Waals surface area contributed by atoms with Crippen LogP contribution in [-0.2, 0) is 12.8 Å². The van der Waals surface area contributed by atoms with Crippen LogP contribution in [-0.4, -0.2) is 57.0 Å². The minimum Gasteiger partial charge on any atom is -0.478 e. The SMILES string of the molecule is CCN(CC)CCCOc1cccc(NC(=O)c2c[nH]c3c2-c2ncncc2CCC3)n1. The highest BCUT2D eigenvalue weighted by Gasteiger charge is 2.24. The van der Waals surface area contributed by atoms with Crippen LogP contribution in [0, 0.1) is 0 Å². The number of H-pyrrole nitrogens is 1. The lowest BCUT2D eigenvalue weighted by atomic mass is 10.0. The van der Waals surface area contributed by atoms with Crippen LogP contribution in [0.1, 0.15) is 48.3 Å². The van der Waals surface area contributed by atoms with Crippen LogP contribution < -0.4 is 10.1 Å². The number of nitrogens with one attached hydrogen (secondary N) is 2. The molecule has 0 saturated heterocycles. The summed E-state index contributed by atoms with van der Waals surface area (Å²) in [5, 5.41) is 2.91. The molecule has 1 amide bonds. The zero-order valence-electron chi connectivity index (χ0n) is 18.7. The number of fused-ring (bicyclic) bond motifs is 3. The molecule has 3 aromatic rings. The van der Waals surface area contributed by atoms with Gasteiger partial charge in [-0.3, -0.25) is 4.79 Å². The second-order valence-electron chi connectivity index (χ2n) is 7.85. The van der Waals surface area contributed by atoms with Crippen LogP contribution in [0.5, 0.6) is 5.88 Å². The third-order valence-electron chi connectivity index (χ3n) is 5.83. The van der Waals surface area contributed by atoms with Crippen molar-refractivity contribution >= 4 is 11.7 Å². The molecule has 0 atom stereocenters. The number of carbonyl (C=O) groups is 1. The minimum atomic E-state index is -0.222. The van der Waals surface area contributed by atoms with E-state index in [4.69, 9.17) is 4.74 Å². The molecule has 0 saturated carbocycles. The molecule has 8 heteroatoms. The van der Waals surface area contributed by atoms with Crippen LogP contribution in [0.4, 0.5) is 5.82 Å². The van der Waals surface area contributed by atoms with Crippen molar-refractivity contribution in [3.8, 4) is 17.1 Å². The van der Waals surface area contributed by atoms with E-state index in [1.54, 1.807) is 12.3 Å². The Morgan fingerprint density at radius 3 is 2.97 bits per heavy atom. The average molecular weight is 435 g/mol. The summed E-state index contributed by atoms with van der Waals surface area (Å²) in [6, 6.07) is 5.41. The first-order valence-electron chi connectivity index (χ1n) is 11.3. The number of anilines is 1. The smallest absolute Gasteiger partial charge is 0.259 e. The summed E-state index contributed by atoms with van der Waals surface area (Å²) in [5.41, 5.74) is 4.36. The molecule has 8 nitrogen and oxygen atoms in total. The first-order valence-corrected chi connectivity index (χ1v) is 11.3. The van der Waals surface area contributed by atoms with E-state index in [0.29, 0.717) is 23.9 Å². The molecule has 1 aliphatic carbocycles. The van der Waals surface area contributed by atoms with Crippen LogP contribution in [0.15, 0.2) is 36.9 Å². The van der Waals surface area contributed by atoms with Crippen LogP contribution in [0.25, 0.3) is 11.3 Å². The lowest BCUT2D eigenvalue weighted by Gasteiger charge is -2.17. The first kappa shape index (κ1) is 22.0. The van der Waals surface area contributed by atoms with Gasteiger partial charge in [-0.2, -0.15) is 4.98 Å². The maximum absolute atomic E-state index is 13.1. The fourth-order valence-electron chi connectivity index (χ4n) is 4.09. The molecule has 1 aliphatic rings. The lowest BCUT2D eigenvalue weighted by molar-refractivity contribution is 0.102. The van der Waals surface area contributed by atoms with Gasteiger partial charge in [0.15, 0.2) is 0 Å². The van der Waals surface area contributed by atoms with E-state index in [9.17, 15) is 4.79 Å². The monoisotopic (exact) mass is 434 g/mol. The number of pyridine rings is 1. The van der Waals surface area contributed by atoms with E-state index in [-0.39, 0.29) is 5.91 Å². The number of rotatable bonds is 9. The van der Waals surface area contributed by atoms with Crippen LogP contribution in [0.2, 0.25) is 0 Å². The number of aryl methyl sites for hydroxylation is 2. The topological polar surface area (TPSA) is 96.0 Å². The standard InChI is InChI=1S/C24H30N6O2/c1-3-30(4-2)12-7-13-32-21-11-6-10-20(28-21)29-24(31)18-15-26-19-9-5-8-17-14-25-16-27-23(17)22(18)19/h6,10-11,14-16,26H,3-5,7-9,12-13H2,1-2H3,(H,28,29,31). The lowest BCUT2D eigenvalue weighted by Crippen LogP contribution is -2.25. The Labute approximate surface area is 188 Å². The predicted octanol–water partition coefficient (Wildman–Crippen LogP) is 3.72. The van der Waals surface area contributed by atoms with E-state index >= 15 is 0 Å². The molecule has 32 heavy (non-hydrogen) atoms. The summed E-state index contributed by atoms with van der Waals surface area (Å²) in [6.45, 7) is 7.97.